The molecule has 0 aromatic carbocycles. The first-order valence-corrected chi connectivity index (χ1v) is 8.09. The molecule has 2 saturated carbocycles. The third-order valence-corrected chi connectivity index (χ3v) is 5.53. The van der Waals surface area contributed by atoms with E-state index in [2.05, 4.69) is 18.6 Å². The number of halogens is 1. The van der Waals surface area contributed by atoms with Gasteiger partial charge in [0.1, 0.15) is 12.3 Å². The number of alkyl halides is 1. The Morgan fingerprint density at radius 1 is 1.25 bits per heavy atom. The molecule has 116 valence electrons. The monoisotopic (exact) mass is 285 g/mol. The third-order valence-electron chi connectivity index (χ3n) is 5.53. The zero-order valence-corrected chi connectivity index (χ0v) is 12.5. The lowest BCUT2D eigenvalue weighted by atomic mass is 9.71. The average Bonchev–Trinajstić information content (AvgIpc) is 2.50. The van der Waals surface area contributed by atoms with E-state index in [1.165, 1.54) is 19.3 Å². The van der Waals surface area contributed by atoms with Gasteiger partial charge in [-0.3, -0.25) is 10.2 Å². The fourth-order valence-electron chi connectivity index (χ4n) is 4.09. The average molecular weight is 285 g/mol. The van der Waals surface area contributed by atoms with E-state index >= 15 is 0 Å². The molecule has 0 heterocycles. The second-order valence-corrected chi connectivity index (χ2v) is 6.59. The molecule has 20 heavy (non-hydrogen) atoms. The lowest BCUT2D eigenvalue weighted by Gasteiger charge is -2.39. The van der Waals surface area contributed by atoms with Gasteiger partial charge in [0.15, 0.2) is 0 Å². The lowest BCUT2D eigenvalue weighted by Crippen LogP contribution is -2.42. The van der Waals surface area contributed by atoms with Gasteiger partial charge in [-0.25, -0.2) is 9.28 Å². The van der Waals surface area contributed by atoms with E-state index in [1.54, 1.807) is 0 Å². The second kappa shape index (κ2) is 7.51. The van der Waals surface area contributed by atoms with Crippen molar-refractivity contribution in [2.75, 3.05) is 0 Å². The molecule has 2 aliphatic carbocycles. The highest BCUT2D eigenvalue weighted by atomic mass is 19.1. The summed E-state index contributed by atoms with van der Waals surface area (Å²) in [5, 5.41) is 9.29. The Labute approximate surface area is 121 Å². The summed E-state index contributed by atoms with van der Waals surface area (Å²) in [6.07, 6.45) is 6.45. The predicted molar refractivity (Wildman–Crippen MR) is 78.8 cm³/mol. The van der Waals surface area contributed by atoms with Crippen LogP contribution in [0.3, 0.4) is 0 Å². The third kappa shape index (κ3) is 3.59. The van der Waals surface area contributed by atoms with Gasteiger partial charge in [0.25, 0.3) is 0 Å². The van der Waals surface area contributed by atoms with Crippen LogP contribution in [0, 0.1) is 17.8 Å². The zero-order chi connectivity index (χ0) is 14.5. The largest absolute Gasteiger partial charge is 0.298 e. The molecule has 0 amide bonds. The van der Waals surface area contributed by atoms with Crippen LogP contribution in [0.5, 0.6) is 0 Å². The van der Waals surface area contributed by atoms with E-state index < -0.39 is 6.17 Å². The van der Waals surface area contributed by atoms with E-state index in [0.717, 1.165) is 31.6 Å². The summed E-state index contributed by atoms with van der Waals surface area (Å²) in [4.78, 5) is 8.71. The van der Waals surface area contributed by atoms with Gasteiger partial charge in [0.2, 0.25) is 0 Å². The highest BCUT2D eigenvalue weighted by Gasteiger charge is 2.41. The van der Waals surface area contributed by atoms with E-state index in [0.29, 0.717) is 12.3 Å². The minimum absolute atomic E-state index is 0.0384. The summed E-state index contributed by atoms with van der Waals surface area (Å²) in [5.74, 6) is 0.924. The van der Waals surface area contributed by atoms with Crippen molar-refractivity contribution in [3.05, 3.63) is 0 Å². The predicted octanol–water partition coefficient (Wildman–Crippen LogP) is 4.27. The molecule has 0 spiro atoms. The molecule has 0 saturated heterocycles. The molecule has 0 aromatic heterocycles. The van der Waals surface area contributed by atoms with Crippen LogP contribution in [0.4, 0.5) is 4.39 Å². The molecule has 4 atom stereocenters. The second-order valence-electron chi connectivity index (χ2n) is 6.59. The first kappa shape index (κ1) is 15.9. The Morgan fingerprint density at radius 3 is 2.45 bits per heavy atom. The van der Waals surface area contributed by atoms with Crippen molar-refractivity contribution in [3.63, 3.8) is 0 Å². The Kier molecular flexibility index (Phi) is 5.97. The number of aliphatic imine (C=N–C) groups is 1. The van der Waals surface area contributed by atoms with Gasteiger partial charge in [0.05, 0.1) is 6.04 Å². The molecule has 0 aliphatic heterocycles. The summed E-state index contributed by atoms with van der Waals surface area (Å²) >= 11 is 0. The van der Waals surface area contributed by atoms with Gasteiger partial charge >= 0.3 is 0 Å². The Balaban J connectivity index is 1.93. The number of nitrogens with zero attached hydrogens (tertiary/aromatic N) is 1. The molecule has 1 N–H and O–H groups in total. The van der Waals surface area contributed by atoms with E-state index in [-0.39, 0.29) is 18.1 Å². The van der Waals surface area contributed by atoms with Crippen LogP contribution in [-0.4, -0.2) is 30.3 Å². The summed E-state index contributed by atoms with van der Waals surface area (Å²) < 4.78 is 14.3. The van der Waals surface area contributed by atoms with E-state index in [4.69, 9.17) is 4.89 Å². The van der Waals surface area contributed by atoms with Crippen LogP contribution in [-0.2, 0) is 4.89 Å². The molecule has 0 radical (unpaired) electrons. The Morgan fingerprint density at radius 2 is 1.95 bits per heavy atom. The first-order valence-electron chi connectivity index (χ1n) is 8.09. The maximum Gasteiger partial charge on any atom is 0.108 e. The number of rotatable bonds is 5. The standard InChI is InChI=1S/C16H28FNO2/c1-3-11-4-6-12(7-5-11)16(20-19)14-9-8-13(18-2)10-15(14)17/h11-16,19H,2-10H2,1H3. The summed E-state index contributed by atoms with van der Waals surface area (Å²) in [5.41, 5.74) is 0. The smallest absolute Gasteiger partial charge is 0.108 e. The van der Waals surface area contributed by atoms with Crippen LogP contribution in [0.1, 0.15) is 58.3 Å². The normalized spacial score (nSPS) is 40.2. The molecule has 0 aromatic rings. The topological polar surface area (TPSA) is 41.8 Å². The fourth-order valence-corrected chi connectivity index (χ4v) is 4.09. The van der Waals surface area contributed by atoms with Crippen molar-refractivity contribution in [3.8, 4) is 0 Å². The van der Waals surface area contributed by atoms with Crippen LogP contribution < -0.4 is 0 Å². The summed E-state index contributed by atoms with van der Waals surface area (Å²) in [6, 6.07) is 0.0384. The summed E-state index contributed by atoms with van der Waals surface area (Å²) in [7, 11) is 0. The molecule has 2 fully saturated rings. The van der Waals surface area contributed by atoms with Gasteiger partial charge in [-0.2, -0.15) is 0 Å². The fraction of sp³-hybridized carbons (Fsp3) is 0.938. The molecular formula is C16H28FNO2. The van der Waals surface area contributed by atoms with Crippen LogP contribution in [0.25, 0.3) is 0 Å². The maximum atomic E-state index is 14.3. The van der Waals surface area contributed by atoms with Crippen LogP contribution >= 0.6 is 0 Å². The first-order chi connectivity index (χ1) is 9.69. The van der Waals surface area contributed by atoms with E-state index in [9.17, 15) is 9.65 Å². The molecule has 4 unspecified atom stereocenters. The van der Waals surface area contributed by atoms with Crippen molar-refractivity contribution < 1.29 is 14.5 Å². The van der Waals surface area contributed by atoms with Crippen LogP contribution in [0.15, 0.2) is 4.99 Å². The van der Waals surface area contributed by atoms with Gasteiger partial charge in [0, 0.05) is 12.3 Å². The molecule has 2 aliphatic rings. The van der Waals surface area contributed by atoms with Crippen molar-refractivity contribution in [2.45, 2.75) is 76.6 Å². The summed E-state index contributed by atoms with van der Waals surface area (Å²) in [6.45, 7) is 5.75. The molecular weight excluding hydrogens is 257 g/mol. The van der Waals surface area contributed by atoms with Crippen molar-refractivity contribution in [1.29, 1.82) is 0 Å². The lowest BCUT2D eigenvalue weighted by molar-refractivity contribution is -0.310. The van der Waals surface area contributed by atoms with Gasteiger partial charge in [-0.15, -0.1) is 0 Å². The Bertz CT molecular complexity index is 305. The molecule has 0 bridgehead atoms. The number of hydrogen-bond acceptors (Lipinski definition) is 3. The quantitative estimate of drug-likeness (QED) is 0.465. The molecule has 3 nitrogen and oxygen atoms in total. The van der Waals surface area contributed by atoms with Gasteiger partial charge in [-0.05, 0) is 44.2 Å². The van der Waals surface area contributed by atoms with Crippen molar-refractivity contribution >= 4 is 6.72 Å². The van der Waals surface area contributed by atoms with Gasteiger partial charge < -0.3 is 0 Å². The Hall–Kier alpha value is -0.480. The molecule has 2 rings (SSSR count). The SMILES string of the molecule is C=NC1CCC(C(OO)C2CCC(CC)CC2)C(F)C1. The van der Waals surface area contributed by atoms with E-state index in [1.807, 2.05) is 0 Å². The number of hydrogen-bond donors (Lipinski definition) is 1. The molecule has 4 heteroatoms. The minimum atomic E-state index is -0.930. The van der Waals surface area contributed by atoms with Crippen molar-refractivity contribution in [2.24, 2.45) is 22.7 Å². The highest BCUT2D eigenvalue weighted by Crippen LogP contribution is 2.40. The minimum Gasteiger partial charge on any atom is -0.298 e. The van der Waals surface area contributed by atoms with Gasteiger partial charge in [-0.1, -0.05) is 26.2 Å². The highest BCUT2D eigenvalue weighted by molar-refractivity contribution is 5.24. The maximum absolute atomic E-state index is 14.3. The van der Waals surface area contributed by atoms with Crippen LogP contribution in [0.2, 0.25) is 0 Å². The zero-order valence-electron chi connectivity index (χ0n) is 12.5. The van der Waals surface area contributed by atoms with Crippen molar-refractivity contribution in [1.82, 2.24) is 0 Å².